The molecule has 2 N–H and O–H groups in total. The van der Waals surface area contributed by atoms with Gasteiger partial charge in [-0.3, -0.25) is 14.4 Å². The minimum absolute atomic E-state index is 0.00615. The van der Waals surface area contributed by atoms with Crippen LogP contribution in [0.15, 0.2) is 90.0 Å². The Kier molecular flexibility index (Phi) is 16.8. The number of nitrogens with zero attached hydrogens (tertiary/aromatic N) is 5. The van der Waals surface area contributed by atoms with Gasteiger partial charge in [-0.2, -0.15) is 0 Å². The highest BCUT2D eigenvalue weighted by Crippen LogP contribution is 2.37. The number of carbonyl (C=O) groups excluding carboxylic acids is 3. The second-order valence-corrected chi connectivity index (χ2v) is 27.0. The van der Waals surface area contributed by atoms with Crippen molar-refractivity contribution < 1.29 is 27.2 Å². The number of ketones is 1. The highest BCUT2D eigenvalue weighted by atomic mass is 32.2. The molecule has 370 valence electrons. The molecular weight excluding hydrogens is 903 g/mol. The Labute approximate surface area is 411 Å². The van der Waals surface area contributed by atoms with Crippen LogP contribution in [0.5, 0.6) is 0 Å². The number of likely N-dealkylation sites (N-methyl/N-ethyl adjacent to an activating group) is 1. The van der Waals surface area contributed by atoms with E-state index in [1.54, 1.807) is 12.1 Å². The third-order valence-electron chi connectivity index (χ3n) is 14.3. The third kappa shape index (κ3) is 12.5. The average Bonchev–Trinajstić information content (AvgIpc) is 3.76. The molecule has 0 saturated carbocycles. The number of hydrogen-bond donors (Lipinski definition) is 2. The summed E-state index contributed by atoms with van der Waals surface area (Å²) >= 11 is 0. The number of hydrogen-bond acceptors (Lipinski definition) is 10. The number of rotatable bonds is 20. The van der Waals surface area contributed by atoms with Gasteiger partial charge in [0.1, 0.15) is 11.5 Å². The first-order chi connectivity index (χ1) is 32.9. The SMILES string of the molecule is CCCCN(CCCC)C(=O)c1cn(CCCN2CCN(C)CC2)c(-c2ccc(C(=O)NS(=O)(=O)c3ccc4ccccc4c3)cc2C(=O)c2cccc3c2CC(CO[Si](C)(C)C(C)(C)C)NC3)n1. The number of carbonyl (C=O) groups is 3. The lowest BCUT2D eigenvalue weighted by atomic mass is 9.86. The minimum atomic E-state index is -4.31. The Balaban J connectivity index is 1.30. The van der Waals surface area contributed by atoms with Crippen LogP contribution < -0.4 is 10.0 Å². The summed E-state index contributed by atoms with van der Waals surface area (Å²) in [6.45, 7) is 23.0. The van der Waals surface area contributed by atoms with Gasteiger partial charge in [0.05, 0.1) is 4.90 Å². The van der Waals surface area contributed by atoms with Gasteiger partial charge in [0.25, 0.3) is 21.8 Å². The normalized spacial score (nSPS) is 16.1. The number of imidazole rings is 1. The van der Waals surface area contributed by atoms with Crippen LogP contribution in [0.3, 0.4) is 0 Å². The number of fused-ring (bicyclic) bond motifs is 2. The minimum Gasteiger partial charge on any atom is -0.415 e. The van der Waals surface area contributed by atoms with E-state index in [0.29, 0.717) is 61.9 Å². The standard InChI is InChI=1S/C54H73N7O6SSi/c1-9-11-26-60(27-12-10-2)53(64)49-37-61(28-16-25-59-31-29-58(6)30-32-59)51(56-49)46-24-22-41(52(63)57-68(65,66)44-23-21-39-17-13-14-18-40(39)33-44)34-48(46)50(62)45-20-15-19-42-36-55-43(35-47(42)45)38-67-69(7,8)54(3,4)5/h13-15,17-24,33-34,37,43,55H,9-12,16,25-32,35-36,38H2,1-8H3,(H,57,63). The van der Waals surface area contributed by atoms with Gasteiger partial charge in [-0.1, -0.05) is 96.0 Å². The number of aryl methyl sites for hydroxylation is 1. The number of unbranched alkanes of at least 4 members (excludes halogenated alkanes) is 2. The highest BCUT2D eigenvalue weighted by Gasteiger charge is 2.38. The molecule has 13 nitrogen and oxygen atoms in total. The predicted octanol–water partition coefficient (Wildman–Crippen LogP) is 8.77. The number of nitrogens with one attached hydrogen (secondary N) is 2. The Hall–Kier alpha value is -5.03. The summed E-state index contributed by atoms with van der Waals surface area (Å²) in [4.78, 5) is 55.8. The summed E-state index contributed by atoms with van der Waals surface area (Å²) in [5.74, 6) is -0.921. The van der Waals surface area contributed by atoms with Crippen molar-refractivity contribution in [2.24, 2.45) is 0 Å². The molecule has 1 aromatic heterocycles. The summed E-state index contributed by atoms with van der Waals surface area (Å²) in [7, 11) is -4.24. The molecule has 1 atom stereocenters. The number of piperazine rings is 1. The molecule has 2 aliphatic rings. The van der Waals surface area contributed by atoms with Crippen LogP contribution in [0.4, 0.5) is 0 Å². The lowest BCUT2D eigenvalue weighted by Crippen LogP contribution is -2.47. The smallest absolute Gasteiger partial charge is 0.274 e. The lowest BCUT2D eigenvalue weighted by Gasteiger charge is -2.38. The number of aromatic nitrogens is 2. The summed E-state index contributed by atoms with van der Waals surface area (Å²) < 4.78 is 38.5. The molecule has 15 heteroatoms. The molecule has 1 unspecified atom stereocenters. The van der Waals surface area contributed by atoms with E-state index >= 15 is 4.79 Å². The predicted molar refractivity (Wildman–Crippen MR) is 278 cm³/mol. The van der Waals surface area contributed by atoms with Crippen molar-refractivity contribution in [3.63, 3.8) is 0 Å². The molecule has 69 heavy (non-hydrogen) atoms. The molecule has 0 aliphatic carbocycles. The van der Waals surface area contributed by atoms with Gasteiger partial charge in [-0.05, 0) is 110 Å². The van der Waals surface area contributed by atoms with Crippen molar-refractivity contribution in [2.75, 3.05) is 59.5 Å². The van der Waals surface area contributed by atoms with E-state index in [4.69, 9.17) is 9.41 Å². The van der Waals surface area contributed by atoms with Gasteiger partial charge in [0.15, 0.2) is 14.1 Å². The molecule has 1 saturated heterocycles. The van der Waals surface area contributed by atoms with Crippen molar-refractivity contribution >= 4 is 46.7 Å². The van der Waals surface area contributed by atoms with E-state index in [-0.39, 0.29) is 38.8 Å². The molecule has 2 aliphatic heterocycles. The summed E-state index contributed by atoms with van der Waals surface area (Å²) in [5, 5.41) is 5.25. The van der Waals surface area contributed by atoms with Gasteiger partial charge >= 0.3 is 0 Å². The fraction of sp³-hybridized carbons (Fsp3) is 0.481. The molecular formula is C54H73N7O6SSi. The largest absolute Gasteiger partial charge is 0.415 e. The zero-order chi connectivity index (χ0) is 49.5. The van der Waals surface area contributed by atoms with Crippen molar-refractivity contribution in [1.29, 1.82) is 0 Å². The molecule has 7 rings (SSSR count). The van der Waals surface area contributed by atoms with E-state index in [1.165, 1.54) is 24.3 Å². The van der Waals surface area contributed by atoms with E-state index < -0.39 is 24.2 Å². The molecule has 0 radical (unpaired) electrons. The number of amides is 2. The van der Waals surface area contributed by atoms with Crippen LogP contribution in [-0.4, -0.2) is 124 Å². The fourth-order valence-corrected chi connectivity index (χ4v) is 10.9. The second kappa shape index (κ2) is 22.4. The second-order valence-electron chi connectivity index (χ2n) is 20.5. The van der Waals surface area contributed by atoms with Gasteiger partial charge in [0, 0.05) is 93.5 Å². The molecule has 2 amide bonds. The van der Waals surface area contributed by atoms with Gasteiger partial charge < -0.3 is 29.0 Å². The molecule has 5 aromatic rings. The first kappa shape index (κ1) is 51.8. The first-order valence-electron chi connectivity index (χ1n) is 24.9. The maximum atomic E-state index is 15.5. The summed E-state index contributed by atoms with van der Waals surface area (Å²) in [6, 6.07) is 22.5. The maximum absolute atomic E-state index is 15.5. The van der Waals surface area contributed by atoms with Gasteiger partial charge in [0.2, 0.25) is 0 Å². The fourth-order valence-electron chi connectivity index (χ4n) is 8.87. The van der Waals surface area contributed by atoms with Gasteiger partial charge in [-0.15, -0.1) is 0 Å². The quantitative estimate of drug-likeness (QED) is 0.0574. The summed E-state index contributed by atoms with van der Waals surface area (Å²) in [5.41, 5.74) is 3.32. The Bertz CT molecular complexity index is 2730. The lowest BCUT2D eigenvalue weighted by molar-refractivity contribution is 0.0745. The zero-order valence-corrected chi connectivity index (χ0v) is 43.9. The van der Waals surface area contributed by atoms with E-state index in [1.807, 2.05) is 58.1 Å². The molecule has 4 aromatic carbocycles. The van der Waals surface area contributed by atoms with Crippen LogP contribution in [0.2, 0.25) is 18.1 Å². The average molecular weight is 976 g/mol. The van der Waals surface area contributed by atoms with Crippen LogP contribution in [0.25, 0.3) is 22.2 Å². The topological polar surface area (TPSA) is 146 Å². The van der Waals surface area contributed by atoms with Crippen LogP contribution in [0.1, 0.15) is 115 Å². The zero-order valence-electron chi connectivity index (χ0n) is 42.1. The first-order valence-corrected chi connectivity index (χ1v) is 29.3. The monoisotopic (exact) mass is 976 g/mol. The van der Waals surface area contributed by atoms with E-state index in [2.05, 4.69) is 74.6 Å². The Morgan fingerprint density at radius 2 is 1.57 bits per heavy atom. The number of benzene rings is 4. The summed E-state index contributed by atoms with van der Waals surface area (Å²) in [6.07, 6.45) is 6.78. The molecule has 0 spiro atoms. The Morgan fingerprint density at radius 1 is 0.855 bits per heavy atom. The van der Waals surface area contributed by atoms with Crippen molar-refractivity contribution in [3.8, 4) is 11.4 Å². The Morgan fingerprint density at radius 3 is 2.26 bits per heavy atom. The van der Waals surface area contributed by atoms with Crippen molar-refractivity contribution in [3.05, 3.63) is 119 Å². The molecule has 0 bridgehead atoms. The van der Waals surface area contributed by atoms with Crippen molar-refractivity contribution in [2.45, 2.75) is 115 Å². The third-order valence-corrected chi connectivity index (χ3v) is 20.2. The van der Waals surface area contributed by atoms with Gasteiger partial charge in [-0.25, -0.2) is 18.1 Å². The number of sulfonamides is 1. The van der Waals surface area contributed by atoms with E-state index in [0.717, 1.165) is 86.7 Å². The van der Waals surface area contributed by atoms with Crippen LogP contribution in [-0.2, 0) is 34.0 Å². The van der Waals surface area contributed by atoms with E-state index in [9.17, 15) is 18.0 Å². The highest BCUT2D eigenvalue weighted by molar-refractivity contribution is 7.90. The van der Waals surface area contributed by atoms with Crippen LogP contribution >= 0.6 is 0 Å². The van der Waals surface area contributed by atoms with Crippen LogP contribution in [0, 0.1) is 0 Å². The molecule has 3 heterocycles. The molecule has 1 fully saturated rings. The van der Waals surface area contributed by atoms with Crippen molar-refractivity contribution in [1.82, 2.24) is 34.3 Å². The maximum Gasteiger partial charge on any atom is 0.274 e.